The number of aromatic nitrogens is 1. The van der Waals surface area contributed by atoms with E-state index >= 15 is 0 Å². The van der Waals surface area contributed by atoms with Crippen molar-refractivity contribution < 1.29 is 4.42 Å². The van der Waals surface area contributed by atoms with E-state index in [1.54, 1.807) is 0 Å². The Hall–Kier alpha value is -6.86. The third-order valence-corrected chi connectivity index (χ3v) is 15.4. The molecule has 0 radical (unpaired) electrons. The van der Waals surface area contributed by atoms with Gasteiger partial charge in [0.2, 0.25) is 0 Å². The molecular weight excluding hydrogens is 744 g/mol. The zero-order valence-electron chi connectivity index (χ0n) is 30.8. The number of benzene rings is 9. The summed E-state index contributed by atoms with van der Waals surface area (Å²) in [5, 5.41) is 12.6. The number of thiophene rings is 2. The van der Waals surface area contributed by atoms with Crippen molar-refractivity contribution in [2.75, 3.05) is 4.90 Å². The fourth-order valence-electron chi connectivity index (χ4n) is 10.7. The van der Waals surface area contributed by atoms with Crippen molar-refractivity contribution >= 4 is 152 Å². The molecule has 6 heterocycles. The zero-order valence-corrected chi connectivity index (χ0v) is 32.4. The highest BCUT2D eigenvalue weighted by atomic mass is 32.1. The summed E-state index contributed by atoms with van der Waals surface area (Å²) in [4.78, 5) is 2.60. The summed E-state index contributed by atoms with van der Waals surface area (Å²) >= 11 is 3.77. The Morgan fingerprint density at radius 3 is 2.00 bits per heavy atom. The van der Waals surface area contributed by atoms with Crippen molar-refractivity contribution in [2.24, 2.45) is 0 Å². The lowest BCUT2D eigenvalue weighted by Gasteiger charge is -2.41. The van der Waals surface area contributed by atoms with Crippen molar-refractivity contribution in [3.05, 3.63) is 164 Å². The summed E-state index contributed by atoms with van der Waals surface area (Å²) < 4.78 is 14.8. The Kier molecular flexibility index (Phi) is 5.51. The molecule has 58 heavy (non-hydrogen) atoms. The first-order chi connectivity index (χ1) is 28.7. The fourth-order valence-corrected chi connectivity index (χ4v) is 13.0. The van der Waals surface area contributed by atoms with Gasteiger partial charge >= 0.3 is 6.85 Å². The van der Waals surface area contributed by atoms with Crippen molar-refractivity contribution in [3.8, 4) is 11.1 Å². The molecule has 9 aromatic carbocycles. The van der Waals surface area contributed by atoms with Crippen molar-refractivity contribution in [1.29, 1.82) is 0 Å². The Morgan fingerprint density at radius 2 is 1.16 bits per heavy atom. The molecule has 0 saturated carbocycles. The summed E-state index contributed by atoms with van der Waals surface area (Å²) in [6, 6.07) is 61.4. The largest absolute Gasteiger partial charge is 0.456 e. The van der Waals surface area contributed by atoms with Gasteiger partial charge in [-0.1, -0.05) is 97.1 Å². The first-order valence-electron chi connectivity index (χ1n) is 19.9. The van der Waals surface area contributed by atoms with Crippen LogP contribution in [0, 0.1) is 0 Å². The van der Waals surface area contributed by atoms with Gasteiger partial charge in [0.25, 0.3) is 0 Å². The van der Waals surface area contributed by atoms with Gasteiger partial charge in [-0.05, 0) is 94.0 Å². The first-order valence-corrected chi connectivity index (χ1v) is 21.5. The van der Waals surface area contributed by atoms with E-state index in [0.29, 0.717) is 0 Å². The predicted molar refractivity (Wildman–Crippen MR) is 251 cm³/mol. The van der Waals surface area contributed by atoms with Crippen LogP contribution in [0.2, 0.25) is 0 Å². The van der Waals surface area contributed by atoms with Crippen LogP contribution in [0.15, 0.2) is 168 Å². The number of hydrogen-bond acceptors (Lipinski definition) is 4. The maximum Gasteiger partial charge on any atom is 0.333 e. The second-order valence-electron chi connectivity index (χ2n) is 16.0. The number of fused-ring (bicyclic) bond motifs is 18. The van der Waals surface area contributed by atoms with Crippen LogP contribution in [0.1, 0.15) is 0 Å². The van der Waals surface area contributed by atoms with Crippen LogP contribution < -0.4 is 15.8 Å². The predicted octanol–water partition coefficient (Wildman–Crippen LogP) is 14.0. The van der Waals surface area contributed by atoms with Gasteiger partial charge in [0, 0.05) is 84.5 Å². The van der Waals surface area contributed by atoms with Gasteiger partial charge < -0.3 is 13.8 Å². The Morgan fingerprint density at radius 1 is 0.466 bits per heavy atom. The molecule has 0 fully saturated rings. The molecule has 6 heteroatoms. The first kappa shape index (κ1) is 30.3. The summed E-state index contributed by atoms with van der Waals surface area (Å²) in [6.45, 7) is -0.0781. The van der Waals surface area contributed by atoms with Gasteiger partial charge in [-0.15, -0.1) is 22.7 Å². The minimum absolute atomic E-state index is 0.0781. The monoisotopic (exact) mass is 770 g/mol. The third-order valence-electron chi connectivity index (χ3n) is 13.1. The SMILES string of the molecule is c1ccc2cc3c(cc2c1)c1cccc2c1n3B1c3cc4sc5ccccc5c4cc3N(c3ccc4sc5ccccc5c4c3)c3c1c-2cc1oc2ccccc2c31. The standard InChI is InChI=1S/C52H27BN2OS2/c1-2-11-29-23-41-36(22-28(29)10-1)33-15-9-16-34-39-26-44-49(35-14-3-6-17-43(35)56-44)52-50(39)53(55(41)51(33)34)40-27-48-38(32-13-5-8-19-46(32)58-48)25-42(40)54(52)30-20-21-47-37(24-30)31-12-4-7-18-45(31)57-47/h1-27H. The number of para-hydroxylation sites is 2. The molecule has 0 N–H and O–H groups in total. The van der Waals surface area contributed by atoms with E-state index in [2.05, 4.69) is 173 Å². The number of hydrogen-bond donors (Lipinski definition) is 0. The van der Waals surface area contributed by atoms with Crippen LogP contribution >= 0.6 is 22.7 Å². The number of nitrogens with zero attached hydrogens (tertiary/aromatic N) is 2. The molecule has 0 aliphatic carbocycles. The van der Waals surface area contributed by atoms with E-state index in [4.69, 9.17) is 4.42 Å². The van der Waals surface area contributed by atoms with Crippen LogP contribution in [0.5, 0.6) is 0 Å². The summed E-state index contributed by atoms with van der Waals surface area (Å²) in [5.41, 5.74) is 13.1. The Labute approximate surface area is 339 Å². The fraction of sp³-hybridized carbons (Fsp3) is 0. The molecule has 2 aliphatic heterocycles. The van der Waals surface area contributed by atoms with Gasteiger partial charge in [0.05, 0.1) is 11.1 Å². The second kappa shape index (κ2) is 10.5. The minimum atomic E-state index is -0.0781. The smallest absolute Gasteiger partial charge is 0.333 e. The molecule has 266 valence electrons. The van der Waals surface area contributed by atoms with Gasteiger partial charge in [0.15, 0.2) is 0 Å². The van der Waals surface area contributed by atoms with Gasteiger partial charge in [-0.25, -0.2) is 0 Å². The maximum absolute atomic E-state index is 6.89. The molecule has 13 aromatic rings. The van der Waals surface area contributed by atoms with Crippen molar-refractivity contribution in [1.82, 2.24) is 4.48 Å². The number of rotatable bonds is 1. The number of anilines is 3. The van der Waals surface area contributed by atoms with E-state index in [1.807, 2.05) is 22.7 Å². The highest BCUT2D eigenvalue weighted by molar-refractivity contribution is 7.26. The van der Waals surface area contributed by atoms with E-state index < -0.39 is 0 Å². The molecule has 0 unspecified atom stereocenters. The van der Waals surface area contributed by atoms with E-state index in [9.17, 15) is 0 Å². The van der Waals surface area contributed by atoms with Crippen LogP contribution in [0.4, 0.5) is 17.1 Å². The Balaban J connectivity index is 1.17. The highest BCUT2D eigenvalue weighted by Crippen LogP contribution is 2.52. The lowest BCUT2D eigenvalue weighted by Crippen LogP contribution is -2.56. The normalized spacial score (nSPS) is 13.4. The van der Waals surface area contributed by atoms with Gasteiger partial charge in [-0.2, -0.15) is 0 Å². The summed E-state index contributed by atoms with van der Waals surface area (Å²) in [5.74, 6) is 0. The minimum Gasteiger partial charge on any atom is -0.456 e. The average Bonchev–Trinajstić information content (AvgIpc) is 4.02. The zero-order chi connectivity index (χ0) is 37.4. The molecule has 0 atom stereocenters. The van der Waals surface area contributed by atoms with Crippen LogP contribution in [-0.2, 0) is 0 Å². The molecular formula is C52H27BN2OS2. The molecule has 15 rings (SSSR count). The van der Waals surface area contributed by atoms with Gasteiger partial charge in [-0.3, -0.25) is 0 Å². The second-order valence-corrected chi connectivity index (χ2v) is 18.1. The summed E-state index contributed by atoms with van der Waals surface area (Å²) in [7, 11) is 0. The number of furan rings is 1. The molecule has 0 saturated heterocycles. The average molecular weight is 771 g/mol. The molecule has 0 amide bonds. The molecule has 0 spiro atoms. The maximum atomic E-state index is 6.89. The van der Waals surface area contributed by atoms with Gasteiger partial charge in [0.1, 0.15) is 11.2 Å². The van der Waals surface area contributed by atoms with Crippen LogP contribution in [0.3, 0.4) is 0 Å². The highest BCUT2D eigenvalue weighted by Gasteiger charge is 2.45. The summed E-state index contributed by atoms with van der Waals surface area (Å²) in [6.07, 6.45) is 0. The van der Waals surface area contributed by atoms with Crippen LogP contribution in [0.25, 0.3) is 106 Å². The molecule has 3 nitrogen and oxygen atoms in total. The molecule has 0 bridgehead atoms. The van der Waals surface area contributed by atoms with E-state index in [-0.39, 0.29) is 6.85 Å². The topological polar surface area (TPSA) is 21.3 Å². The molecule has 2 aliphatic rings. The van der Waals surface area contributed by atoms with Crippen molar-refractivity contribution in [2.45, 2.75) is 0 Å². The van der Waals surface area contributed by atoms with Crippen molar-refractivity contribution in [3.63, 3.8) is 0 Å². The van der Waals surface area contributed by atoms with E-state index in [0.717, 1.165) is 27.6 Å². The van der Waals surface area contributed by atoms with E-state index in [1.165, 1.54) is 106 Å². The molecule has 4 aromatic heterocycles. The third kappa shape index (κ3) is 3.67. The Bertz CT molecular complexity index is 4020. The lowest BCUT2D eigenvalue weighted by molar-refractivity contribution is 0.669. The van der Waals surface area contributed by atoms with Crippen LogP contribution in [-0.4, -0.2) is 11.3 Å². The quantitative estimate of drug-likeness (QED) is 0.155. The lowest BCUT2D eigenvalue weighted by atomic mass is 9.45.